The zero-order valence-electron chi connectivity index (χ0n) is 13.6. The highest BCUT2D eigenvalue weighted by molar-refractivity contribution is 7.89. The average molecular weight is 348 g/mol. The van der Waals surface area contributed by atoms with Gasteiger partial charge in [-0.15, -0.1) is 4.83 Å². The van der Waals surface area contributed by atoms with E-state index in [1.54, 1.807) is 43.5 Å². The number of hydrogen-bond acceptors (Lipinski definition) is 5. The second-order valence-electron chi connectivity index (χ2n) is 4.85. The molecular weight excluding hydrogens is 328 g/mol. The molecule has 0 amide bonds. The molecule has 2 N–H and O–H groups in total. The van der Waals surface area contributed by atoms with E-state index in [0.717, 1.165) is 0 Å². The van der Waals surface area contributed by atoms with Gasteiger partial charge >= 0.3 is 0 Å². The van der Waals surface area contributed by atoms with Crippen LogP contribution in [0.15, 0.2) is 60.0 Å². The van der Waals surface area contributed by atoms with Crippen LogP contribution in [0.5, 0.6) is 11.5 Å². The quantitative estimate of drug-likeness (QED) is 0.717. The van der Waals surface area contributed by atoms with Gasteiger partial charge in [0.2, 0.25) is 0 Å². The van der Waals surface area contributed by atoms with E-state index in [4.69, 9.17) is 9.47 Å². The molecule has 0 unspecified atom stereocenters. The molecule has 6 nitrogen and oxygen atoms in total. The van der Waals surface area contributed by atoms with Crippen molar-refractivity contribution in [2.75, 3.05) is 13.7 Å². The van der Waals surface area contributed by atoms with Crippen molar-refractivity contribution < 1.29 is 17.9 Å². The van der Waals surface area contributed by atoms with Gasteiger partial charge in [-0.2, -0.15) is 0 Å². The van der Waals surface area contributed by atoms with Crippen LogP contribution in [0.3, 0.4) is 0 Å². The number of sulfonamides is 1. The van der Waals surface area contributed by atoms with Crippen molar-refractivity contribution in [3.8, 4) is 11.5 Å². The van der Waals surface area contributed by atoms with Crippen LogP contribution in [0.1, 0.15) is 12.5 Å². The summed E-state index contributed by atoms with van der Waals surface area (Å²) in [7, 11) is -2.16. The van der Waals surface area contributed by atoms with Crippen LogP contribution in [0.25, 0.3) is 5.70 Å². The van der Waals surface area contributed by atoms with Gasteiger partial charge in [0.15, 0.2) is 0 Å². The molecule has 0 heterocycles. The zero-order valence-corrected chi connectivity index (χ0v) is 14.4. The number of rotatable bonds is 8. The maximum absolute atomic E-state index is 12.3. The predicted octanol–water partition coefficient (Wildman–Crippen LogP) is 2.55. The standard InChI is InChI=1S/C17H20N2O4S/c1-4-23-15-8-10-17(11-9-15)24(20,21)19-18-13(2)14-6-5-7-16(12-14)22-3/h5-12,18-19H,2,4H2,1,3H3. The van der Waals surface area contributed by atoms with Gasteiger partial charge in [-0.1, -0.05) is 18.7 Å². The third-order valence-electron chi connectivity index (χ3n) is 3.20. The van der Waals surface area contributed by atoms with Gasteiger partial charge in [0.05, 0.1) is 18.6 Å². The topological polar surface area (TPSA) is 76.7 Å². The molecule has 7 heteroatoms. The van der Waals surface area contributed by atoms with E-state index in [0.29, 0.717) is 29.4 Å². The highest BCUT2D eigenvalue weighted by atomic mass is 32.2. The van der Waals surface area contributed by atoms with Crippen LogP contribution in [0, 0.1) is 0 Å². The van der Waals surface area contributed by atoms with Gasteiger partial charge < -0.3 is 14.9 Å². The Bertz CT molecular complexity index is 802. The van der Waals surface area contributed by atoms with Gasteiger partial charge in [0.1, 0.15) is 11.5 Å². The lowest BCUT2D eigenvalue weighted by atomic mass is 10.2. The van der Waals surface area contributed by atoms with Crippen molar-refractivity contribution >= 4 is 15.7 Å². The summed E-state index contributed by atoms with van der Waals surface area (Å²) in [5, 5.41) is 0. The number of ether oxygens (including phenoxy) is 2. The molecule has 0 saturated heterocycles. The normalized spacial score (nSPS) is 10.9. The van der Waals surface area contributed by atoms with Crippen LogP contribution < -0.4 is 19.7 Å². The molecule has 0 saturated carbocycles. The summed E-state index contributed by atoms with van der Waals surface area (Å²) in [4.78, 5) is 2.43. The molecule has 2 aromatic rings. The summed E-state index contributed by atoms with van der Waals surface area (Å²) in [6.45, 7) is 6.20. The van der Waals surface area contributed by atoms with Crippen molar-refractivity contribution in [1.82, 2.24) is 10.3 Å². The highest BCUT2D eigenvalue weighted by Gasteiger charge is 2.14. The molecule has 2 aromatic carbocycles. The Morgan fingerprint density at radius 2 is 1.83 bits per heavy atom. The Labute approximate surface area is 142 Å². The van der Waals surface area contributed by atoms with Gasteiger partial charge in [0, 0.05) is 11.3 Å². The summed E-state index contributed by atoms with van der Waals surface area (Å²) in [6, 6.07) is 13.3. The Morgan fingerprint density at radius 3 is 2.46 bits per heavy atom. The molecule has 128 valence electrons. The van der Waals surface area contributed by atoms with Crippen molar-refractivity contribution in [3.63, 3.8) is 0 Å². The molecular formula is C17H20N2O4S. The Kier molecular flexibility index (Phi) is 5.83. The van der Waals surface area contributed by atoms with Gasteiger partial charge in [-0.05, 0) is 43.3 Å². The van der Waals surface area contributed by atoms with Gasteiger partial charge in [0.25, 0.3) is 10.0 Å². The first kappa shape index (κ1) is 17.8. The minimum Gasteiger partial charge on any atom is -0.497 e. The maximum Gasteiger partial charge on any atom is 0.257 e. The Hall–Kier alpha value is -2.51. The van der Waals surface area contributed by atoms with E-state index in [-0.39, 0.29) is 4.90 Å². The minimum absolute atomic E-state index is 0.122. The molecule has 24 heavy (non-hydrogen) atoms. The number of hydrazine groups is 1. The molecule has 0 atom stereocenters. The fourth-order valence-electron chi connectivity index (χ4n) is 1.95. The van der Waals surface area contributed by atoms with Crippen LogP contribution in [-0.2, 0) is 10.0 Å². The van der Waals surface area contributed by atoms with Crippen molar-refractivity contribution in [3.05, 3.63) is 60.7 Å². The Balaban J connectivity index is 2.04. The molecule has 0 spiro atoms. The van der Waals surface area contributed by atoms with E-state index in [2.05, 4.69) is 16.8 Å². The fraction of sp³-hybridized carbons (Fsp3) is 0.176. The van der Waals surface area contributed by atoms with Gasteiger partial charge in [-0.3, -0.25) is 0 Å². The van der Waals surface area contributed by atoms with Crippen LogP contribution in [-0.4, -0.2) is 22.1 Å². The third kappa shape index (κ3) is 4.50. The molecule has 0 bridgehead atoms. The lowest BCUT2D eigenvalue weighted by Crippen LogP contribution is -2.35. The second kappa shape index (κ2) is 7.85. The molecule has 0 aliphatic heterocycles. The van der Waals surface area contributed by atoms with E-state index in [1.807, 2.05) is 6.92 Å². The number of benzene rings is 2. The molecule has 0 aliphatic carbocycles. The lowest BCUT2D eigenvalue weighted by molar-refractivity contribution is 0.340. The van der Waals surface area contributed by atoms with E-state index < -0.39 is 10.0 Å². The first-order valence-electron chi connectivity index (χ1n) is 7.30. The molecule has 0 aromatic heterocycles. The summed E-state index contributed by atoms with van der Waals surface area (Å²) < 4.78 is 35.0. The highest BCUT2D eigenvalue weighted by Crippen LogP contribution is 2.18. The summed E-state index contributed by atoms with van der Waals surface area (Å²) in [6.07, 6.45) is 0. The first-order chi connectivity index (χ1) is 11.5. The molecule has 2 rings (SSSR count). The number of methoxy groups -OCH3 is 1. The molecule has 0 aliphatic rings. The smallest absolute Gasteiger partial charge is 0.257 e. The second-order valence-corrected chi connectivity index (χ2v) is 6.53. The van der Waals surface area contributed by atoms with Crippen molar-refractivity contribution in [2.45, 2.75) is 11.8 Å². The van der Waals surface area contributed by atoms with Crippen LogP contribution in [0.2, 0.25) is 0 Å². The number of hydrogen-bond donors (Lipinski definition) is 2. The first-order valence-corrected chi connectivity index (χ1v) is 8.78. The maximum atomic E-state index is 12.3. The van der Waals surface area contributed by atoms with Crippen molar-refractivity contribution in [1.29, 1.82) is 0 Å². The van der Waals surface area contributed by atoms with E-state index in [1.165, 1.54) is 12.1 Å². The third-order valence-corrected chi connectivity index (χ3v) is 4.46. The summed E-state index contributed by atoms with van der Waals surface area (Å²) >= 11 is 0. The Morgan fingerprint density at radius 1 is 1.12 bits per heavy atom. The number of nitrogens with one attached hydrogen (secondary N) is 2. The van der Waals surface area contributed by atoms with Crippen molar-refractivity contribution in [2.24, 2.45) is 0 Å². The summed E-state index contributed by atoms with van der Waals surface area (Å²) in [5.41, 5.74) is 3.73. The lowest BCUT2D eigenvalue weighted by Gasteiger charge is -2.13. The predicted molar refractivity (Wildman–Crippen MR) is 93.1 cm³/mol. The zero-order chi connectivity index (χ0) is 17.6. The fourth-order valence-corrected chi connectivity index (χ4v) is 2.82. The van der Waals surface area contributed by atoms with Crippen LogP contribution in [0.4, 0.5) is 0 Å². The minimum atomic E-state index is -3.72. The van der Waals surface area contributed by atoms with Crippen LogP contribution >= 0.6 is 0 Å². The monoisotopic (exact) mass is 348 g/mol. The summed E-state index contributed by atoms with van der Waals surface area (Å²) in [5.74, 6) is 1.27. The van der Waals surface area contributed by atoms with E-state index in [9.17, 15) is 8.42 Å². The largest absolute Gasteiger partial charge is 0.497 e. The van der Waals surface area contributed by atoms with E-state index >= 15 is 0 Å². The molecule has 0 radical (unpaired) electrons. The SMILES string of the molecule is C=C(NNS(=O)(=O)c1ccc(OCC)cc1)c1cccc(OC)c1. The molecule has 0 fully saturated rings. The average Bonchev–Trinajstić information content (AvgIpc) is 2.60. The van der Waals surface area contributed by atoms with Gasteiger partial charge in [-0.25, -0.2) is 8.42 Å².